The highest BCUT2D eigenvalue weighted by Crippen LogP contribution is 2.33. The van der Waals surface area contributed by atoms with E-state index in [9.17, 15) is 13.2 Å². The molecule has 0 amide bonds. The maximum Gasteiger partial charge on any atom is 0.418 e. The number of imidazole rings is 1. The molecule has 0 atom stereocenters. The number of para-hydroxylation sites is 1. The first-order valence-electron chi connectivity index (χ1n) is 3.77. The minimum Gasteiger partial charge on any atom is -0.331 e. The third kappa shape index (κ3) is 1.41. The first-order valence-corrected chi connectivity index (χ1v) is 4.17. The molecule has 0 radical (unpaired) electrons. The molecule has 0 fully saturated rings. The fourth-order valence-electron chi connectivity index (χ4n) is 1.29. The maximum absolute atomic E-state index is 12.5. The maximum atomic E-state index is 12.5. The van der Waals surface area contributed by atoms with Gasteiger partial charge in [0.15, 0.2) is 4.77 Å². The zero-order valence-electron chi connectivity index (χ0n) is 6.77. The van der Waals surface area contributed by atoms with Crippen LogP contribution in [-0.4, -0.2) is 9.97 Å². The fraction of sp³-hybridized carbons (Fsp3) is 0.125. The monoisotopic (exact) mass is 218 g/mol. The minimum atomic E-state index is -4.36. The standard InChI is InChI=1S/C8H5F3N2S/c9-8(10,11)4-2-1-3-5-6(4)13-7(14)12-5/h1-3H,(H2,12,13,14). The molecule has 2 rings (SSSR count). The molecule has 0 aliphatic heterocycles. The molecule has 14 heavy (non-hydrogen) atoms. The van der Waals surface area contributed by atoms with Crippen molar-refractivity contribution in [2.24, 2.45) is 0 Å². The number of fused-ring (bicyclic) bond motifs is 1. The zero-order chi connectivity index (χ0) is 10.3. The van der Waals surface area contributed by atoms with E-state index in [0.717, 1.165) is 6.07 Å². The molecule has 0 saturated heterocycles. The lowest BCUT2D eigenvalue weighted by molar-refractivity contribution is -0.136. The number of aromatic nitrogens is 2. The molecule has 0 aliphatic rings. The van der Waals surface area contributed by atoms with Crippen LogP contribution in [0.3, 0.4) is 0 Å². The summed E-state index contributed by atoms with van der Waals surface area (Å²) in [4.78, 5) is 5.10. The Morgan fingerprint density at radius 2 is 1.86 bits per heavy atom. The van der Waals surface area contributed by atoms with Crippen molar-refractivity contribution in [2.75, 3.05) is 0 Å². The molecule has 2 nitrogen and oxygen atoms in total. The van der Waals surface area contributed by atoms with Crippen LogP contribution >= 0.6 is 12.2 Å². The number of aromatic amines is 2. The molecule has 1 aromatic carbocycles. The summed E-state index contributed by atoms with van der Waals surface area (Å²) in [5.74, 6) is 0. The number of alkyl halides is 3. The quantitative estimate of drug-likeness (QED) is 0.653. The Balaban J connectivity index is 2.83. The van der Waals surface area contributed by atoms with Gasteiger partial charge in [-0.15, -0.1) is 0 Å². The molecule has 0 unspecified atom stereocenters. The molecular weight excluding hydrogens is 213 g/mol. The smallest absolute Gasteiger partial charge is 0.331 e. The summed E-state index contributed by atoms with van der Waals surface area (Å²) in [6, 6.07) is 3.89. The highest BCUT2D eigenvalue weighted by atomic mass is 32.1. The number of rotatable bonds is 0. The zero-order valence-corrected chi connectivity index (χ0v) is 7.59. The molecule has 6 heteroatoms. The van der Waals surface area contributed by atoms with E-state index in [0.29, 0.717) is 5.52 Å². The lowest BCUT2D eigenvalue weighted by Crippen LogP contribution is -2.05. The Morgan fingerprint density at radius 3 is 2.50 bits per heavy atom. The molecule has 1 aromatic heterocycles. The Kier molecular flexibility index (Phi) is 1.88. The highest BCUT2D eigenvalue weighted by Gasteiger charge is 2.32. The van der Waals surface area contributed by atoms with Crippen molar-refractivity contribution in [3.05, 3.63) is 28.5 Å². The van der Waals surface area contributed by atoms with Crippen LogP contribution in [0.15, 0.2) is 18.2 Å². The van der Waals surface area contributed by atoms with Crippen LogP contribution in [0.4, 0.5) is 13.2 Å². The van der Waals surface area contributed by atoms with Gasteiger partial charge in [0, 0.05) is 0 Å². The van der Waals surface area contributed by atoms with Crippen LogP contribution < -0.4 is 0 Å². The average Bonchev–Trinajstić information content (AvgIpc) is 2.41. The van der Waals surface area contributed by atoms with Crippen LogP contribution in [0.1, 0.15) is 5.56 Å². The van der Waals surface area contributed by atoms with Crippen molar-refractivity contribution in [3.63, 3.8) is 0 Å². The first-order chi connectivity index (χ1) is 6.48. The first kappa shape index (κ1) is 9.26. The predicted molar refractivity (Wildman–Crippen MR) is 48.5 cm³/mol. The van der Waals surface area contributed by atoms with E-state index in [-0.39, 0.29) is 10.3 Å². The van der Waals surface area contributed by atoms with Crippen LogP contribution in [0, 0.1) is 4.77 Å². The normalized spacial score (nSPS) is 12.2. The Hall–Kier alpha value is -1.30. The van der Waals surface area contributed by atoms with Gasteiger partial charge in [-0.25, -0.2) is 0 Å². The van der Waals surface area contributed by atoms with Gasteiger partial charge >= 0.3 is 6.18 Å². The summed E-state index contributed by atoms with van der Waals surface area (Å²) in [6.45, 7) is 0. The van der Waals surface area contributed by atoms with Crippen molar-refractivity contribution in [1.29, 1.82) is 0 Å². The highest BCUT2D eigenvalue weighted by molar-refractivity contribution is 7.71. The molecule has 74 valence electrons. The molecular formula is C8H5F3N2S. The van der Waals surface area contributed by atoms with Crippen LogP contribution in [0.2, 0.25) is 0 Å². The van der Waals surface area contributed by atoms with Crippen molar-refractivity contribution in [3.8, 4) is 0 Å². The van der Waals surface area contributed by atoms with Gasteiger partial charge in [-0.05, 0) is 24.4 Å². The van der Waals surface area contributed by atoms with Crippen molar-refractivity contribution < 1.29 is 13.2 Å². The van der Waals surface area contributed by atoms with Crippen molar-refractivity contribution in [1.82, 2.24) is 9.97 Å². The molecule has 0 spiro atoms. The van der Waals surface area contributed by atoms with Gasteiger partial charge in [-0.2, -0.15) is 13.2 Å². The Morgan fingerprint density at radius 1 is 1.14 bits per heavy atom. The lowest BCUT2D eigenvalue weighted by atomic mass is 10.2. The third-order valence-electron chi connectivity index (χ3n) is 1.86. The topological polar surface area (TPSA) is 31.6 Å². The van der Waals surface area contributed by atoms with Crippen LogP contribution in [0.5, 0.6) is 0 Å². The summed E-state index contributed by atoms with van der Waals surface area (Å²) >= 11 is 4.72. The summed E-state index contributed by atoms with van der Waals surface area (Å²) in [5, 5.41) is 0. The second kappa shape index (κ2) is 2.84. The van der Waals surface area contributed by atoms with E-state index in [4.69, 9.17) is 12.2 Å². The van der Waals surface area contributed by atoms with E-state index in [2.05, 4.69) is 9.97 Å². The predicted octanol–water partition coefficient (Wildman–Crippen LogP) is 3.24. The second-order valence-corrected chi connectivity index (χ2v) is 3.21. The fourth-order valence-corrected chi connectivity index (χ4v) is 1.51. The summed E-state index contributed by atoms with van der Waals surface area (Å²) in [7, 11) is 0. The van der Waals surface area contributed by atoms with E-state index in [1.54, 1.807) is 0 Å². The summed E-state index contributed by atoms with van der Waals surface area (Å²) in [6.07, 6.45) is -4.36. The van der Waals surface area contributed by atoms with Crippen LogP contribution in [-0.2, 0) is 6.18 Å². The third-order valence-corrected chi connectivity index (χ3v) is 2.06. The molecule has 2 N–H and O–H groups in total. The minimum absolute atomic E-state index is 0.00463. The number of halogens is 3. The second-order valence-electron chi connectivity index (χ2n) is 2.81. The molecule has 0 aliphatic carbocycles. The Bertz CT molecular complexity index is 523. The summed E-state index contributed by atoms with van der Waals surface area (Å²) in [5.41, 5.74) is -0.336. The van der Waals surface area contributed by atoms with Gasteiger partial charge in [-0.3, -0.25) is 0 Å². The largest absolute Gasteiger partial charge is 0.418 e. The molecule has 1 heterocycles. The van der Waals surface area contributed by atoms with Crippen molar-refractivity contribution >= 4 is 23.3 Å². The molecule has 2 aromatic rings. The SMILES string of the molecule is FC(F)(F)c1cccc2[nH]c(=S)[nH]c12. The van der Waals surface area contributed by atoms with Gasteiger partial charge in [0.25, 0.3) is 0 Å². The summed E-state index contributed by atoms with van der Waals surface area (Å²) < 4.78 is 37.6. The number of H-pyrrole nitrogens is 2. The number of benzene rings is 1. The number of hydrogen-bond donors (Lipinski definition) is 2. The number of hydrogen-bond acceptors (Lipinski definition) is 1. The molecule has 0 bridgehead atoms. The van der Waals surface area contributed by atoms with Gasteiger partial charge in [-0.1, -0.05) is 6.07 Å². The lowest BCUT2D eigenvalue weighted by Gasteiger charge is -2.06. The number of nitrogens with one attached hydrogen (secondary N) is 2. The average molecular weight is 218 g/mol. The van der Waals surface area contributed by atoms with Gasteiger partial charge in [0.1, 0.15) is 0 Å². The van der Waals surface area contributed by atoms with Crippen LogP contribution in [0.25, 0.3) is 11.0 Å². The van der Waals surface area contributed by atoms with E-state index >= 15 is 0 Å². The van der Waals surface area contributed by atoms with E-state index < -0.39 is 11.7 Å². The Labute approximate surface area is 81.8 Å². The van der Waals surface area contributed by atoms with Gasteiger partial charge in [0.2, 0.25) is 0 Å². The van der Waals surface area contributed by atoms with E-state index in [1.165, 1.54) is 12.1 Å². The van der Waals surface area contributed by atoms with Gasteiger partial charge < -0.3 is 9.97 Å². The van der Waals surface area contributed by atoms with Gasteiger partial charge in [0.05, 0.1) is 16.6 Å². The molecule has 0 saturated carbocycles. The van der Waals surface area contributed by atoms with Crippen molar-refractivity contribution in [2.45, 2.75) is 6.18 Å². The van der Waals surface area contributed by atoms with E-state index in [1.807, 2.05) is 0 Å².